The number of carbonyl (C=O) groups is 1. The summed E-state index contributed by atoms with van der Waals surface area (Å²) in [5.74, 6) is 0.130. The van der Waals surface area contributed by atoms with Crippen molar-refractivity contribution >= 4 is 13.6 Å². The highest BCUT2D eigenvalue weighted by atomic mass is 31.2. The van der Waals surface area contributed by atoms with E-state index in [9.17, 15) is 9.36 Å². The first-order valence-electron chi connectivity index (χ1n) is 11.8. The molecule has 1 aliphatic rings. The van der Waals surface area contributed by atoms with Crippen LogP contribution < -0.4 is 0 Å². The van der Waals surface area contributed by atoms with E-state index < -0.39 is 24.8 Å². The number of ether oxygens (including phenoxy) is 1. The molecule has 0 aromatic heterocycles. The number of rotatable bonds is 7. The standard InChI is InChI=1S/C26H43O5P/c1-19-15-16-21(26(8,9)20-13-11-10-12-14-20)22(17-19)29-23(27)18-32(28,30-24(2,3)4)31-25(5,6)7/h10-14,19,21-22H,15-18H2,1-9H3/t19-,21-,22-/m1/s1. The normalized spacial score (nSPS) is 23.1. The van der Waals surface area contributed by atoms with E-state index in [4.69, 9.17) is 13.8 Å². The molecule has 0 radical (unpaired) electrons. The van der Waals surface area contributed by atoms with Gasteiger partial charge in [0.05, 0.1) is 11.2 Å². The molecule has 0 spiro atoms. The number of benzene rings is 1. The van der Waals surface area contributed by atoms with Crippen LogP contribution in [-0.4, -0.2) is 29.4 Å². The minimum atomic E-state index is -3.69. The van der Waals surface area contributed by atoms with E-state index in [1.807, 2.05) is 18.2 Å². The van der Waals surface area contributed by atoms with Crippen LogP contribution in [0.3, 0.4) is 0 Å². The Balaban J connectivity index is 2.22. The zero-order chi connectivity index (χ0) is 24.4. The number of hydrogen-bond donors (Lipinski definition) is 0. The molecule has 0 bridgehead atoms. The van der Waals surface area contributed by atoms with Crippen LogP contribution in [0, 0.1) is 11.8 Å². The molecule has 0 aliphatic heterocycles. The molecule has 2 rings (SSSR count). The summed E-state index contributed by atoms with van der Waals surface area (Å²) in [4.78, 5) is 13.1. The van der Waals surface area contributed by atoms with E-state index in [1.54, 1.807) is 41.5 Å². The predicted octanol–water partition coefficient (Wildman–Crippen LogP) is 7.14. The van der Waals surface area contributed by atoms with Crippen molar-refractivity contribution in [3.8, 4) is 0 Å². The zero-order valence-electron chi connectivity index (χ0n) is 21.4. The summed E-state index contributed by atoms with van der Waals surface area (Å²) < 4.78 is 31.1. The average Bonchev–Trinajstić information content (AvgIpc) is 2.58. The van der Waals surface area contributed by atoms with Gasteiger partial charge < -0.3 is 13.8 Å². The van der Waals surface area contributed by atoms with Gasteiger partial charge in [-0.05, 0) is 71.3 Å². The van der Waals surface area contributed by atoms with Gasteiger partial charge in [-0.3, -0.25) is 9.36 Å². The lowest BCUT2D eigenvalue weighted by atomic mass is 9.64. The molecule has 32 heavy (non-hydrogen) atoms. The van der Waals surface area contributed by atoms with Crippen molar-refractivity contribution in [2.24, 2.45) is 11.8 Å². The Kier molecular flexibility index (Phi) is 8.46. The summed E-state index contributed by atoms with van der Waals surface area (Å²) in [5, 5.41) is 0. The SMILES string of the molecule is C[C@@H]1CC[C@@H](C(C)(C)c2ccccc2)[C@H](OC(=O)CP(=O)(OC(C)(C)C)OC(C)(C)C)C1. The van der Waals surface area contributed by atoms with E-state index in [0.717, 1.165) is 19.3 Å². The Morgan fingerprint density at radius 3 is 1.97 bits per heavy atom. The van der Waals surface area contributed by atoms with Gasteiger partial charge in [-0.2, -0.15) is 0 Å². The summed E-state index contributed by atoms with van der Waals surface area (Å²) >= 11 is 0. The molecule has 1 aromatic carbocycles. The summed E-state index contributed by atoms with van der Waals surface area (Å²) in [6.45, 7) is 17.5. The third-order valence-corrected chi connectivity index (χ3v) is 8.23. The quantitative estimate of drug-likeness (QED) is 0.316. The van der Waals surface area contributed by atoms with Gasteiger partial charge in [0.25, 0.3) is 0 Å². The van der Waals surface area contributed by atoms with E-state index in [0.29, 0.717) is 5.92 Å². The van der Waals surface area contributed by atoms with Gasteiger partial charge in [0.1, 0.15) is 12.3 Å². The molecule has 0 saturated heterocycles. The minimum Gasteiger partial charge on any atom is -0.462 e. The van der Waals surface area contributed by atoms with Gasteiger partial charge in [0.15, 0.2) is 0 Å². The fourth-order valence-corrected chi connectivity index (χ4v) is 6.87. The Morgan fingerprint density at radius 1 is 0.938 bits per heavy atom. The summed E-state index contributed by atoms with van der Waals surface area (Å²) in [5.41, 5.74) is -0.338. The van der Waals surface area contributed by atoms with Gasteiger partial charge in [0, 0.05) is 5.92 Å². The number of esters is 1. The van der Waals surface area contributed by atoms with E-state index >= 15 is 0 Å². The number of carbonyl (C=O) groups excluding carboxylic acids is 1. The van der Waals surface area contributed by atoms with Crippen molar-refractivity contribution in [1.29, 1.82) is 0 Å². The van der Waals surface area contributed by atoms with Crippen LogP contribution >= 0.6 is 7.60 Å². The fraction of sp³-hybridized carbons (Fsp3) is 0.731. The monoisotopic (exact) mass is 466 g/mol. The highest BCUT2D eigenvalue weighted by Gasteiger charge is 2.44. The lowest BCUT2D eigenvalue weighted by Crippen LogP contribution is -2.44. The van der Waals surface area contributed by atoms with Crippen LogP contribution in [0.25, 0.3) is 0 Å². The molecule has 6 heteroatoms. The maximum Gasteiger partial charge on any atom is 0.342 e. The van der Waals surface area contributed by atoms with Crippen molar-refractivity contribution in [2.75, 3.05) is 6.16 Å². The molecule has 0 amide bonds. The lowest BCUT2D eigenvalue weighted by molar-refractivity contribution is -0.153. The van der Waals surface area contributed by atoms with Crippen molar-refractivity contribution in [2.45, 2.75) is 104 Å². The van der Waals surface area contributed by atoms with Crippen LogP contribution in [0.15, 0.2) is 30.3 Å². The fourth-order valence-electron chi connectivity index (χ4n) is 4.65. The minimum absolute atomic E-state index is 0.153. The molecule has 5 nitrogen and oxygen atoms in total. The second-order valence-electron chi connectivity index (χ2n) is 11.8. The van der Waals surface area contributed by atoms with Gasteiger partial charge in [-0.1, -0.05) is 57.5 Å². The topological polar surface area (TPSA) is 61.8 Å². The highest BCUT2D eigenvalue weighted by molar-refractivity contribution is 7.54. The molecule has 0 heterocycles. The van der Waals surface area contributed by atoms with Gasteiger partial charge >= 0.3 is 13.6 Å². The Morgan fingerprint density at radius 2 is 1.47 bits per heavy atom. The number of hydrogen-bond acceptors (Lipinski definition) is 5. The zero-order valence-corrected chi connectivity index (χ0v) is 22.3. The summed E-state index contributed by atoms with van der Waals surface area (Å²) in [6, 6.07) is 10.4. The molecule has 3 atom stereocenters. The maximum absolute atomic E-state index is 13.5. The second-order valence-corrected chi connectivity index (χ2v) is 13.7. The third-order valence-electron chi connectivity index (χ3n) is 5.93. The largest absolute Gasteiger partial charge is 0.462 e. The van der Waals surface area contributed by atoms with Gasteiger partial charge in [-0.15, -0.1) is 0 Å². The first-order valence-corrected chi connectivity index (χ1v) is 13.5. The predicted molar refractivity (Wildman–Crippen MR) is 130 cm³/mol. The third kappa shape index (κ3) is 8.01. The van der Waals surface area contributed by atoms with Crippen LogP contribution in [0.4, 0.5) is 0 Å². The second kappa shape index (κ2) is 9.99. The van der Waals surface area contributed by atoms with Crippen molar-refractivity contribution in [1.82, 2.24) is 0 Å². The van der Waals surface area contributed by atoms with E-state index in [1.165, 1.54) is 5.56 Å². The molecule has 0 N–H and O–H groups in total. The molecule has 182 valence electrons. The Bertz CT molecular complexity index is 784. The van der Waals surface area contributed by atoms with Crippen LogP contribution in [-0.2, 0) is 28.6 Å². The average molecular weight is 467 g/mol. The Labute approximate surface area is 195 Å². The van der Waals surface area contributed by atoms with E-state index in [-0.39, 0.29) is 23.6 Å². The van der Waals surface area contributed by atoms with Crippen LogP contribution in [0.2, 0.25) is 0 Å². The van der Waals surface area contributed by atoms with Gasteiger partial charge in [-0.25, -0.2) is 0 Å². The molecule has 1 saturated carbocycles. The molecule has 0 unspecified atom stereocenters. The smallest absolute Gasteiger partial charge is 0.342 e. The summed E-state index contributed by atoms with van der Waals surface area (Å²) in [6.07, 6.45) is 2.27. The molecule has 1 aromatic rings. The van der Waals surface area contributed by atoms with Crippen molar-refractivity contribution in [3.05, 3.63) is 35.9 Å². The molecule has 1 fully saturated rings. The Hall–Kier alpha value is -1.16. The summed E-state index contributed by atoms with van der Waals surface area (Å²) in [7, 11) is -3.69. The molecule has 1 aliphatic carbocycles. The van der Waals surface area contributed by atoms with Gasteiger partial charge in [0.2, 0.25) is 0 Å². The first kappa shape index (κ1) is 27.1. The van der Waals surface area contributed by atoms with Crippen molar-refractivity contribution in [3.63, 3.8) is 0 Å². The molecular formula is C26H43O5P. The maximum atomic E-state index is 13.5. The highest BCUT2D eigenvalue weighted by Crippen LogP contribution is 2.54. The lowest BCUT2D eigenvalue weighted by Gasteiger charge is -2.44. The van der Waals surface area contributed by atoms with Crippen molar-refractivity contribution < 1.29 is 23.1 Å². The first-order chi connectivity index (χ1) is 14.5. The molecular weight excluding hydrogens is 423 g/mol. The van der Waals surface area contributed by atoms with E-state index in [2.05, 4.69) is 32.9 Å². The van der Waals surface area contributed by atoms with Crippen LogP contribution in [0.1, 0.15) is 87.1 Å². The van der Waals surface area contributed by atoms with Crippen LogP contribution in [0.5, 0.6) is 0 Å².